The first-order valence-corrected chi connectivity index (χ1v) is 5.73. The number of hydrogen-bond acceptors (Lipinski definition) is 3. The third kappa shape index (κ3) is 3.48. The van der Waals surface area contributed by atoms with Gasteiger partial charge in [-0.25, -0.2) is 5.06 Å². The molecule has 16 heavy (non-hydrogen) atoms. The van der Waals surface area contributed by atoms with Gasteiger partial charge in [0.25, 0.3) is 5.91 Å². The maximum atomic E-state index is 12.1. The SMILES string of the molecule is CC(=O)NC(C(=O)N1CCCCO1)C(C)C. The van der Waals surface area contributed by atoms with E-state index in [1.807, 2.05) is 13.8 Å². The molecule has 0 bridgehead atoms. The molecule has 1 N–H and O–H groups in total. The van der Waals surface area contributed by atoms with Crippen molar-refractivity contribution in [3.8, 4) is 0 Å². The fourth-order valence-electron chi connectivity index (χ4n) is 1.66. The predicted molar refractivity (Wildman–Crippen MR) is 59.3 cm³/mol. The first kappa shape index (κ1) is 13.0. The Balaban J connectivity index is 2.61. The highest BCUT2D eigenvalue weighted by atomic mass is 16.7. The maximum absolute atomic E-state index is 12.1. The maximum Gasteiger partial charge on any atom is 0.268 e. The van der Waals surface area contributed by atoms with Gasteiger partial charge < -0.3 is 5.32 Å². The van der Waals surface area contributed by atoms with Crippen molar-refractivity contribution in [2.75, 3.05) is 13.2 Å². The number of rotatable bonds is 3. The standard InChI is InChI=1S/C11H20N2O3/c1-8(2)10(12-9(3)14)11(15)13-6-4-5-7-16-13/h8,10H,4-7H2,1-3H3,(H,12,14). The van der Waals surface area contributed by atoms with Crippen LogP contribution in [0.1, 0.15) is 33.6 Å². The van der Waals surface area contributed by atoms with Crippen LogP contribution in [0.2, 0.25) is 0 Å². The Hall–Kier alpha value is -1.10. The highest BCUT2D eigenvalue weighted by Gasteiger charge is 2.29. The van der Waals surface area contributed by atoms with E-state index in [2.05, 4.69) is 5.32 Å². The van der Waals surface area contributed by atoms with Crippen molar-refractivity contribution in [2.24, 2.45) is 5.92 Å². The summed E-state index contributed by atoms with van der Waals surface area (Å²) in [4.78, 5) is 28.4. The van der Waals surface area contributed by atoms with E-state index in [1.165, 1.54) is 12.0 Å². The van der Waals surface area contributed by atoms with Gasteiger partial charge in [0.2, 0.25) is 5.91 Å². The van der Waals surface area contributed by atoms with Crippen molar-refractivity contribution in [2.45, 2.75) is 39.7 Å². The molecule has 1 heterocycles. The Morgan fingerprint density at radius 3 is 2.44 bits per heavy atom. The second-order valence-corrected chi connectivity index (χ2v) is 4.40. The molecule has 1 unspecified atom stereocenters. The van der Waals surface area contributed by atoms with E-state index < -0.39 is 6.04 Å². The van der Waals surface area contributed by atoms with Crippen molar-refractivity contribution >= 4 is 11.8 Å². The molecule has 0 aromatic carbocycles. The third-order valence-electron chi connectivity index (χ3n) is 2.54. The predicted octanol–water partition coefficient (Wildman–Crippen LogP) is 0.701. The van der Waals surface area contributed by atoms with Crippen LogP contribution in [-0.4, -0.2) is 36.1 Å². The summed E-state index contributed by atoms with van der Waals surface area (Å²) < 4.78 is 0. The smallest absolute Gasteiger partial charge is 0.268 e. The van der Waals surface area contributed by atoms with Crippen LogP contribution in [0.5, 0.6) is 0 Å². The van der Waals surface area contributed by atoms with E-state index in [9.17, 15) is 9.59 Å². The summed E-state index contributed by atoms with van der Waals surface area (Å²) in [6.07, 6.45) is 1.94. The largest absolute Gasteiger partial charge is 0.344 e. The minimum absolute atomic E-state index is 0.0573. The van der Waals surface area contributed by atoms with E-state index in [0.717, 1.165) is 12.8 Å². The average Bonchev–Trinajstić information content (AvgIpc) is 2.25. The molecule has 0 aliphatic carbocycles. The minimum Gasteiger partial charge on any atom is -0.344 e. The van der Waals surface area contributed by atoms with E-state index in [4.69, 9.17) is 4.84 Å². The molecule has 1 saturated heterocycles. The fourth-order valence-corrected chi connectivity index (χ4v) is 1.66. The first-order valence-electron chi connectivity index (χ1n) is 5.73. The summed E-state index contributed by atoms with van der Waals surface area (Å²) in [5.41, 5.74) is 0. The van der Waals surface area contributed by atoms with Crippen LogP contribution in [0.3, 0.4) is 0 Å². The summed E-state index contributed by atoms with van der Waals surface area (Å²) in [5.74, 6) is -0.282. The molecule has 1 aliphatic rings. The number of nitrogens with one attached hydrogen (secondary N) is 1. The number of amides is 2. The lowest BCUT2D eigenvalue weighted by Gasteiger charge is -2.31. The van der Waals surface area contributed by atoms with E-state index in [1.54, 1.807) is 0 Å². The summed E-state index contributed by atoms with van der Waals surface area (Å²) in [6.45, 7) is 6.42. The number of hydrogen-bond donors (Lipinski definition) is 1. The number of carbonyl (C=O) groups excluding carboxylic acids is 2. The van der Waals surface area contributed by atoms with E-state index in [0.29, 0.717) is 13.2 Å². The Kier molecular flexibility index (Phi) is 4.73. The van der Waals surface area contributed by atoms with Gasteiger partial charge >= 0.3 is 0 Å². The van der Waals surface area contributed by atoms with Gasteiger partial charge in [0.15, 0.2) is 0 Å². The van der Waals surface area contributed by atoms with Crippen molar-refractivity contribution in [3.05, 3.63) is 0 Å². The highest BCUT2D eigenvalue weighted by Crippen LogP contribution is 2.11. The quantitative estimate of drug-likeness (QED) is 0.773. The summed E-state index contributed by atoms with van der Waals surface area (Å²) in [6, 6.07) is -0.490. The Labute approximate surface area is 96.1 Å². The van der Waals surface area contributed by atoms with Crippen molar-refractivity contribution in [1.29, 1.82) is 0 Å². The molecule has 5 heteroatoms. The third-order valence-corrected chi connectivity index (χ3v) is 2.54. The molecule has 92 valence electrons. The van der Waals surface area contributed by atoms with E-state index >= 15 is 0 Å². The van der Waals surface area contributed by atoms with Crippen LogP contribution in [0.4, 0.5) is 0 Å². The van der Waals surface area contributed by atoms with Crippen LogP contribution < -0.4 is 5.32 Å². The van der Waals surface area contributed by atoms with Crippen molar-refractivity contribution in [3.63, 3.8) is 0 Å². The second kappa shape index (κ2) is 5.84. The molecule has 0 radical (unpaired) electrons. The number of hydroxylamine groups is 2. The molecule has 2 amide bonds. The van der Waals surface area contributed by atoms with Gasteiger partial charge in [0, 0.05) is 13.5 Å². The highest BCUT2D eigenvalue weighted by molar-refractivity contribution is 5.86. The van der Waals surface area contributed by atoms with Crippen LogP contribution in [0.25, 0.3) is 0 Å². The molecule has 1 aliphatic heterocycles. The van der Waals surface area contributed by atoms with Gasteiger partial charge in [-0.3, -0.25) is 14.4 Å². The van der Waals surface area contributed by atoms with Gasteiger partial charge in [0.1, 0.15) is 6.04 Å². The van der Waals surface area contributed by atoms with Crippen LogP contribution in [0.15, 0.2) is 0 Å². The zero-order valence-electron chi connectivity index (χ0n) is 10.2. The Morgan fingerprint density at radius 2 is 2.00 bits per heavy atom. The van der Waals surface area contributed by atoms with Gasteiger partial charge in [-0.15, -0.1) is 0 Å². The average molecular weight is 228 g/mol. The van der Waals surface area contributed by atoms with Crippen LogP contribution >= 0.6 is 0 Å². The lowest BCUT2D eigenvalue weighted by molar-refractivity contribution is -0.200. The lowest BCUT2D eigenvalue weighted by Crippen LogP contribution is -2.51. The molecule has 0 aromatic heterocycles. The molecular formula is C11H20N2O3. The fraction of sp³-hybridized carbons (Fsp3) is 0.818. The second-order valence-electron chi connectivity index (χ2n) is 4.40. The van der Waals surface area contributed by atoms with Crippen molar-refractivity contribution < 1.29 is 14.4 Å². The number of nitrogens with zero attached hydrogens (tertiary/aromatic N) is 1. The van der Waals surface area contributed by atoms with Gasteiger partial charge in [-0.1, -0.05) is 13.8 Å². The molecule has 1 fully saturated rings. The van der Waals surface area contributed by atoms with Crippen LogP contribution in [0, 0.1) is 5.92 Å². The molecule has 0 saturated carbocycles. The molecule has 0 spiro atoms. The first-order chi connectivity index (χ1) is 7.52. The molecule has 1 atom stereocenters. The van der Waals surface area contributed by atoms with Crippen LogP contribution in [-0.2, 0) is 14.4 Å². The number of carbonyl (C=O) groups is 2. The van der Waals surface area contributed by atoms with Gasteiger partial charge in [0.05, 0.1) is 6.61 Å². The summed E-state index contributed by atoms with van der Waals surface area (Å²) >= 11 is 0. The summed E-state index contributed by atoms with van der Waals surface area (Å²) in [5, 5.41) is 4.05. The lowest BCUT2D eigenvalue weighted by atomic mass is 10.0. The van der Waals surface area contributed by atoms with E-state index in [-0.39, 0.29) is 17.7 Å². The zero-order valence-corrected chi connectivity index (χ0v) is 10.2. The molecular weight excluding hydrogens is 208 g/mol. The monoisotopic (exact) mass is 228 g/mol. The normalized spacial score (nSPS) is 18.4. The molecule has 5 nitrogen and oxygen atoms in total. The molecule has 0 aromatic rings. The van der Waals surface area contributed by atoms with Gasteiger partial charge in [-0.05, 0) is 18.8 Å². The van der Waals surface area contributed by atoms with Gasteiger partial charge in [-0.2, -0.15) is 0 Å². The van der Waals surface area contributed by atoms with Crippen molar-refractivity contribution in [1.82, 2.24) is 10.4 Å². The topological polar surface area (TPSA) is 58.6 Å². The molecule has 1 rings (SSSR count). The minimum atomic E-state index is -0.490. The Morgan fingerprint density at radius 1 is 1.31 bits per heavy atom. The summed E-state index contributed by atoms with van der Waals surface area (Å²) in [7, 11) is 0. The zero-order chi connectivity index (χ0) is 12.1. The Bertz CT molecular complexity index is 260.